The lowest BCUT2D eigenvalue weighted by molar-refractivity contribution is 0.441. The molecule has 0 saturated carbocycles. The van der Waals surface area contributed by atoms with Crippen LogP contribution in [-0.2, 0) is 17.1 Å². The first-order valence-electron chi connectivity index (χ1n) is 8.60. The fourth-order valence-corrected chi connectivity index (χ4v) is 4.88. The van der Waals surface area contributed by atoms with Gasteiger partial charge in [-0.2, -0.15) is 9.57 Å². The van der Waals surface area contributed by atoms with E-state index in [1.165, 1.54) is 16.4 Å². The number of hydrogen-bond acceptors (Lipinski definition) is 4. The molecule has 2 aromatic heterocycles. The van der Waals surface area contributed by atoms with Crippen LogP contribution in [0.25, 0.3) is 16.6 Å². The van der Waals surface area contributed by atoms with E-state index in [9.17, 15) is 8.42 Å². The van der Waals surface area contributed by atoms with E-state index in [0.29, 0.717) is 25.1 Å². The second-order valence-electron chi connectivity index (χ2n) is 6.51. The molecule has 0 radical (unpaired) electrons. The largest absolute Gasteiger partial charge is 0.335 e. The number of rotatable bonds is 3. The number of sulfonamides is 1. The molecule has 0 aliphatic carbocycles. The highest BCUT2D eigenvalue weighted by Crippen LogP contribution is 2.31. The standard InChI is InChI=1S/C20H18N4O2S/c1-23-14-19(18-6-3-9-22-20(18)23)16-7-10-24(11-8-16)27(25,26)17-5-2-4-15(12-17)13-21/h2-7,9,12,14H,8,10-11H2,1H3. The van der Waals surface area contributed by atoms with Crippen LogP contribution in [0.15, 0.2) is 59.8 Å². The van der Waals surface area contributed by atoms with Gasteiger partial charge in [0, 0.05) is 43.5 Å². The first-order valence-corrected chi connectivity index (χ1v) is 10.0. The average molecular weight is 378 g/mol. The molecule has 1 aromatic carbocycles. The highest BCUT2D eigenvalue weighted by Gasteiger charge is 2.27. The Kier molecular flexibility index (Phi) is 4.30. The van der Waals surface area contributed by atoms with Crippen molar-refractivity contribution in [2.75, 3.05) is 13.1 Å². The molecule has 136 valence electrons. The molecule has 0 N–H and O–H groups in total. The quantitative estimate of drug-likeness (QED) is 0.702. The normalized spacial score (nSPS) is 15.5. The van der Waals surface area contributed by atoms with E-state index in [2.05, 4.69) is 4.98 Å². The van der Waals surface area contributed by atoms with Crippen molar-refractivity contribution in [1.82, 2.24) is 13.9 Å². The summed E-state index contributed by atoms with van der Waals surface area (Å²) in [7, 11) is -1.66. The molecule has 0 bridgehead atoms. The monoisotopic (exact) mass is 378 g/mol. The minimum absolute atomic E-state index is 0.160. The molecule has 0 atom stereocenters. The van der Waals surface area contributed by atoms with E-state index >= 15 is 0 Å². The maximum Gasteiger partial charge on any atom is 0.243 e. The van der Waals surface area contributed by atoms with Gasteiger partial charge in [0.15, 0.2) is 0 Å². The molecule has 6 nitrogen and oxygen atoms in total. The molecule has 1 aliphatic rings. The van der Waals surface area contributed by atoms with Crippen LogP contribution in [-0.4, -0.2) is 35.4 Å². The first kappa shape index (κ1) is 17.5. The SMILES string of the molecule is Cn1cc(C2=CCN(S(=O)(=O)c3cccc(C#N)c3)CC2)c2cccnc21. The van der Waals surface area contributed by atoms with Crippen molar-refractivity contribution in [3.05, 3.63) is 66.0 Å². The van der Waals surface area contributed by atoms with Crippen LogP contribution in [0, 0.1) is 11.3 Å². The van der Waals surface area contributed by atoms with Gasteiger partial charge in [0.05, 0.1) is 16.5 Å². The van der Waals surface area contributed by atoms with E-state index in [1.807, 2.05) is 42.1 Å². The van der Waals surface area contributed by atoms with Crippen LogP contribution in [0.3, 0.4) is 0 Å². The molecule has 3 aromatic rings. The molecule has 0 amide bonds. The Balaban J connectivity index is 1.64. The molecular weight excluding hydrogens is 360 g/mol. The van der Waals surface area contributed by atoms with Gasteiger partial charge < -0.3 is 4.57 Å². The number of hydrogen-bond donors (Lipinski definition) is 0. The van der Waals surface area contributed by atoms with E-state index in [1.54, 1.807) is 18.3 Å². The molecule has 0 saturated heterocycles. The van der Waals surface area contributed by atoms with Crippen LogP contribution in [0.2, 0.25) is 0 Å². The van der Waals surface area contributed by atoms with Gasteiger partial charge >= 0.3 is 0 Å². The molecule has 7 heteroatoms. The third kappa shape index (κ3) is 3.03. The molecule has 1 aliphatic heterocycles. The Morgan fingerprint density at radius 2 is 2.07 bits per heavy atom. The maximum absolute atomic E-state index is 12.9. The minimum Gasteiger partial charge on any atom is -0.335 e. The zero-order valence-electron chi connectivity index (χ0n) is 14.8. The van der Waals surface area contributed by atoms with Gasteiger partial charge in [0.1, 0.15) is 5.65 Å². The van der Waals surface area contributed by atoms with Gasteiger partial charge in [-0.05, 0) is 42.3 Å². The predicted octanol–water partition coefficient (Wildman–Crippen LogP) is 2.92. The van der Waals surface area contributed by atoms with Gasteiger partial charge in [-0.3, -0.25) is 0 Å². The van der Waals surface area contributed by atoms with Gasteiger partial charge in [-0.25, -0.2) is 13.4 Å². The molecule has 3 heterocycles. The first-order chi connectivity index (χ1) is 13.0. The summed E-state index contributed by atoms with van der Waals surface area (Å²) in [6.07, 6.45) is 6.41. The van der Waals surface area contributed by atoms with Crippen LogP contribution < -0.4 is 0 Å². The second kappa shape index (κ2) is 6.65. The van der Waals surface area contributed by atoms with Crippen LogP contribution in [0.1, 0.15) is 17.5 Å². The summed E-state index contributed by atoms with van der Waals surface area (Å²) in [5.41, 5.74) is 3.49. The number of nitrogens with zero attached hydrogens (tertiary/aromatic N) is 4. The Morgan fingerprint density at radius 1 is 1.22 bits per heavy atom. The van der Waals surface area contributed by atoms with E-state index in [-0.39, 0.29) is 4.90 Å². The highest BCUT2D eigenvalue weighted by atomic mass is 32.2. The van der Waals surface area contributed by atoms with Gasteiger partial charge in [0.25, 0.3) is 0 Å². The number of fused-ring (bicyclic) bond motifs is 1. The fraction of sp³-hybridized carbons (Fsp3) is 0.200. The van der Waals surface area contributed by atoms with Crippen LogP contribution >= 0.6 is 0 Å². The van der Waals surface area contributed by atoms with Gasteiger partial charge in [-0.1, -0.05) is 12.1 Å². The number of benzene rings is 1. The van der Waals surface area contributed by atoms with Crippen molar-refractivity contribution in [1.29, 1.82) is 5.26 Å². The lowest BCUT2D eigenvalue weighted by atomic mass is 10.0. The van der Waals surface area contributed by atoms with E-state index < -0.39 is 10.0 Å². The van der Waals surface area contributed by atoms with E-state index in [4.69, 9.17) is 5.26 Å². The molecule has 27 heavy (non-hydrogen) atoms. The van der Waals surface area contributed by atoms with Crippen molar-refractivity contribution in [2.24, 2.45) is 7.05 Å². The Labute approximate surface area is 158 Å². The number of aryl methyl sites for hydroxylation is 1. The van der Waals surface area contributed by atoms with Crippen LogP contribution in [0.4, 0.5) is 0 Å². The van der Waals surface area contributed by atoms with Gasteiger partial charge in [-0.15, -0.1) is 0 Å². The van der Waals surface area contributed by atoms with Crippen molar-refractivity contribution in [3.8, 4) is 6.07 Å². The summed E-state index contributed by atoms with van der Waals surface area (Å²) in [6.45, 7) is 0.715. The summed E-state index contributed by atoms with van der Waals surface area (Å²) < 4.78 is 29.2. The lowest BCUT2D eigenvalue weighted by Crippen LogP contribution is -2.34. The summed E-state index contributed by atoms with van der Waals surface area (Å²) in [5, 5.41) is 10.1. The zero-order valence-corrected chi connectivity index (χ0v) is 15.6. The van der Waals surface area contributed by atoms with E-state index in [0.717, 1.165) is 22.2 Å². The highest BCUT2D eigenvalue weighted by molar-refractivity contribution is 7.89. The van der Waals surface area contributed by atoms with Gasteiger partial charge in [0.2, 0.25) is 10.0 Å². The molecular formula is C20H18N4O2S. The second-order valence-corrected chi connectivity index (χ2v) is 8.45. The van der Waals surface area contributed by atoms with Crippen molar-refractivity contribution >= 4 is 26.6 Å². The number of nitriles is 1. The Bertz CT molecular complexity index is 1200. The van der Waals surface area contributed by atoms with Crippen molar-refractivity contribution in [3.63, 3.8) is 0 Å². The third-order valence-corrected chi connectivity index (χ3v) is 6.71. The fourth-order valence-electron chi connectivity index (χ4n) is 3.46. The van der Waals surface area contributed by atoms with Crippen molar-refractivity contribution in [2.45, 2.75) is 11.3 Å². The summed E-state index contributed by atoms with van der Waals surface area (Å²) in [4.78, 5) is 4.57. The minimum atomic E-state index is -3.62. The summed E-state index contributed by atoms with van der Waals surface area (Å²) >= 11 is 0. The summed E-state index contributed by atoms with van der Waals surface area (Å²) in [6, 6.07) is 12.1. The third-order valence-electron chi connectivity index (χ3n) is 4.85. The van der Waals surface area contributed by atoms with Crippen molar-refractivity contribution < 1.29 is 8.42 Å². The number of aromatic nitrogens is 2. The zero-order chi connectivity index (χ0) is 19.0. The summed E-state index contributed by atoms with van der Waals surface area (Å²) in [5.74, 6) is 0. The molecule has 0 spiro atoms. The lowest BCUT2D eigenvalue weighted by Gasteiger charge is -2.26. The topological polar surface area (TPSA) is 79.0 Å². The predicted molar refractivity (Wildman–Crippen MR) is 103 cm³/mol. The molecule has 0 fully saturated rings. The van der Waals surface area contributed by atoms with Crippen LogP contribution in [0.5, 0.6) is 0 Å². The smallest absolute Gasteiger partial charge is 0.243 e. The molecule has 4 rings (SSSR count). The maximum atomic E-state index is 12.9. The Morgan fingerprint density at radius 3 is 2.81 bits per heavy atom. The molecule has 0 unspecified atom stereocenters. The Hall–Kier alpha value is -2.95. The average Bonchev–Trinajstić information content (AvgIpc) is 3.05. The number of pyridine rings is 1.